The van der Waals surface area contributed by atoms with Gasteiger partial charge in [0.15, 0.2) is 0 Å². The van der Waals surface area contributed by atoms with Crippen molar-refractivity contribution in [1.82, 2.24) is 0 Å². The fourth-order valence-electron chi connectivity index (χ4n) is 0.548. The average Bonchev–Trinajstić information content (AvgIpc) is 1.86. The molecule has 2 heteroatoms. The van der Waals surface area contributed by atoms with Crippen LogP contribution in [0.25, 0.3) is 0 Å². The molecule has 0 nitrogen and oxygen atoms in total. The molecule has 1 radical (unpaired) electrons. The van der Waals surface area contributed by atoms with E-state index in [0.717, 1.165) is 4.15 Å². The Morgan fingerprint density at radius 3 is 2.67 bits per heavy atom. The minimum absolute atomic E-state index is 0.838. The predicted octanol–water partition coefficient (Wildman–Crippen LogP) is 1.01. The Bertz CT molecular complexity index is 40.8. The van der Waals surface area contributed by atoms with E-state index in [-0.39, 0.29) is 0 Å². The van der Waals surface area contributed by atoms with E-state index in [9.17, 15) is 0 Å². The summed E-state index contributed by atoms with van der Waals surface area (Å²) in [6.07, 6.45) is 2.81. The fraction of sp³-hybridized carbons (Fsp3) is 1.00. The Balaban J connectivity index is 2.18. The van der Waals surface area contributed by atoms with E-state index in [0.29, 0.717) is 0 Å². The van der Waals surface area contributed by atoms with Crippen molar-refractivity contribution in [3.05, 3.63) is 0 Å². The third kappa shape index (κ3) is 1.18. The van der Waals surface area contributed by atoms with Crippen molar-refractivity contribution in [3.8, 4) is 0 Å². The Morgan fingerprint density at radius 1 is 1.67 bits per heavy atom. The topological polar surface area (TPSA) is 0 Å². The van der Waals surface area contributed by atoms with Gasteiger partial charge < -0.3 is 0 Å². The molecule has 0 spiro atoms. The van der Waals surface area contributed by atoms with Crippen molar-refractivity contribution in [3.63, 3.8) is 0 Å². The van der Waals surface area contributed by atoms with Crippen molar-refractivity contribution in [2.24, 2.45) is 0 Å². The number of thioether (sulfide) groups is 1. The molecule has 0 bridgehead atoms. The first-order valence-corrected chi connectivity index (χ1v) is 4.21. The first-order chi connectivity index (χ1) is 2.89. The van der Waals surface area contributed by atoms with Gasteiger partial charge in [-0.15, -0.1) is 0 Å². The van der Waals surface area contributed by atoms with Gasteiger partial charge in [-0.05, 0) is 0 Å². The summed E-state index contributed by atoms with van der Waals surface area (Å²) in [7, 11) is 0. The minimum atomic E-state index is 0.838. The van der Waals surface area contributed by atoms with Crippen molar-refractivity contribution in [2.75, 3.05) is 5.75 Å². The Kier molecular flexibility index (Phi) is 1.88. The normalized spacial score (nSPS) is 34.5. The van der Waals surface area contributed by atoms with Crippen LogP contribution in [-0.2, 0) is 0 Å². The molecule has 6 heavy (non-hydrogen) atoms. The van der Waals surface area contributed by atoms with Crippen LogP contribution in [0.5, 0.6) is 0 Å². The van der Waals surface area contributed by atoms with E-state index < -0.39 is 0 Å². The summed E-state index contributed by atoms with van der Waals surface area (Å²) in [5.74, 6) is 1.37. The van der Waals surface area contributed by atoms with Crippen LogP contribution < -0.4 is 0 Å². The van der Waals surface area contributed by atoms with Gasteiger partial charge >= 0.3 is 50.5 Å². The van der Waals surface area contributed by atoms with Gasteiger partial charge in [0.25, 0.3) is 0 Å². The van der Waals surface area contributed by atoms with Gasteiger partial charge in [0.05, 0.1) is 0 Å². The third-order valence-electron chi connectivity index (χ3n) is 0.888. The van der Waals surface area contributed by atoms with Crippen LogP contribution in [0.15, 0.2) is 0 Å². The molecule has 1 aliphatic heterocycles. The molecule has 35 valence electrons. The second kappa shape index (κ2) is 2.25. The molecule has 1 atom stereocenters. The van der Waals surface area contributed by atoms with Crippen LogP contribution in [0.3, 0.4) is 0 Å². The van der Waals surface area contributed by atoms with Crippen molar-refractivity contribution in [2.45, 2.75) is 17.0 Å². The standard InChI is InChI=1S/C4H7SSe/c6-4-2-1-3-5-4/h4H,1-3H2. The molecule has 0 aromatic carbocycles. The molecule has 1 heterocycles. The van der Waals surface area contributed by atoms with E-state index >= 15 is 0 Å². The van der Waals surface area contributed by atoms with Crippen molar-refractivity contribution >= 4 is 27.8 Å². The SMILES string of the molecule is [Se]C1CCCS1. The first-order valence-electron chi connectivity index (χ1n) is 2.17. The Morgan fingerprint density at radius 2 is 2.50 bits per heavy atom. The van der Waals surface area contributed by atoms with Crippen LogP contribution in [0.4, 0.5) is 0 Å². The molecule has 1 saturated heterocycles. The molecule has 1 fully saturated rings. The summed E-state index contributed by atoms with van der Waals surface area (Å²) < 4.78 is 0.838. The second-order valence-corrected chi connectivity index (χ2v) is 4.62. The quantitative estimate of drug-likeness (QED) is 0.484. The van der Waals surface area contributed by atoms with Gasteiger partial charge in [-0.25, -0.2) is 0 Å². The molecule has 0 aromatic rings. The summed E-state index contributed by atoms with van der Waals surface area (Å²) >= 11 is 5.14. The molecule has 0 aliphatic carbocycles. The van der Waals surface area contributed by atoms with E-state index in [1.165, 1.54) is 18.6 Å². The maximum absolute atomic E-state index is 3.10. The summed E-state index contributed by atoms with van der Waals surface area (Å²) in [6, 6.07) is 0. The zero-order chi connectivity index (χ0) is 4.41. The molecule has 0 N–H and O–H groups in total. The summed E-state index contributed by atoms with van der Waals surface area (Å²) in [4.78, 5) is 0. The average molecular weight is 166 g/mol. The van der Waals surface area contributed by atoms with Gasteiger partial charge in [-0.2, -0.15) is 0 Å². The van der Waals surface area contributed by atoms with Crippen LogP contribution in [0.1, 0.15) is 12.8 Å². The molecular formula is C4H7SSe. The monoisotopic (exact) mass is 167 g/mol. The van der Waals surface area contributed by atoms with Gasteiger partial charge in [-0.1, -0.05) is 0 Å². The molecule has 1 rings (SSSR count). The first kappa shape index (κ1) is 5.02. The zero-order valence-corrected chi connectivity index (χ0v) is 6.04. The van der Waals surface area contributed by atoms with Crippen LogP contribution in [0.2, 0.25) is 0 Å². The Labute approximate surface area is 50.9 Å². The van der Waals surface area contributed by atoms with Crippen molar-refractivity contribution in [1.29, 1.82) is 0 Å². The van der Waals surface area contributed by atoms with E-state index in [1.54, 1.807) is 0 Å². The van der Waals surface area contributed by atoms with Gasteiger partial charge in [0, 0.05) is 0 Å². The van der Waals surface area contributed by atoms with Crippen LogP contribution in [-0.4, -0.2) is 25.9 Å². The van der Waals surface area contributed by atoms with Gasteiger partial charge in [0.2, 0.25) is 0 Å². The molecule has 1 unspecified atom stereocenters. The molecule has 0 aromatic heterocycles. The van der Waals surface area contributed by atoms with Crippen molar-refractivity contribution < 1.29 is 0 Å². The summed E-state index contributed by atoms with van der Waals surface area (Å²) in [5, 5.41) is 0. The molecular weight excluding hydrogens is 159 g/mol. The molecule has 1 aliphatic rings. The summed E-state index contributed by atoms with van der Waals surface area (Å²) in [6.45, 7) is 0. The maximum atomic E-state index is 3.10. The molecule has 0 saturated carbocycles. The van der Waals surface area contributed by atoms with E-state index in [2.05, 4.69) is 16.0 Å². The number of rotatable bonds is 0. The Hall–Kier alpha value is 0.869. The molecule has 0 amide bonds. The fourth-order valence-corrected chi connectivity index (χ4v) is 2.43. The van der Waals surface area contributed by atoms with Gasteiger partial charge in [-0.3, -0.25) is 0 Å². The second-order valence-electron chi connectivity index (χ2n) is 1.44. The number of hydrogen-bond donors (Lipinski definition) is 0. The number of hydrogen-bond acceptors (Lipinski definition) is 1. The summed E-state index contributed by atoms with van der Waals surface area (Å²) in [5.41, 5.74) is 0. The van der Waals surface area contributed by atoms with E-state index in [1.807, 2.05) is 11.8 Å². The van der Waals surface area contributed by atoms with Gasteiger partial charge in [0.1, 0.15) is 0 Å². The van der Waals surface area contributed by atoms with Crippen LogP contribution in [0, 0.1) is 0 Å². The third-order valence-corrected chi connectivity index (χ3v) is 3.37. The van der Waals surface area contributed by atoms with Crippen LogP contribution >= 0.6 is 11.8 Å². The van der Waals surface area contributed by atoms with E-state index in [4.69, 9.17) is 0 Å². The zero-order valence-electron chi connectivity index (χ0n) is 3.52. The predicted molar refractivity (Wildman–Crippen MR) is 31.2 cm³/mol.